The number of nitrogens with zero attached hydrogens (tertiary/aromatic N) is 1. The van der Waals surface area contributed by atoms with Crippen LogP contribution in [-0.2, 0) is 9.47 Å². The first kappa shape index (κ1) is 15.6. The Balaban J connectivity index is 2.33. The van der Waals surface area contributed by atoms with Crippen LogP contribution in [0.15, 0.2) is 30.9 Å². The van der Waals surface area contributed by atoms with Gasteiger partial charge in [0.1, 0.15) is 6.61 Å². The summed E-state index contributed by atoms with van der Waals surface area (Å²) in [6.45, 7) is 11.0. The SMILES string of the molecule is C=CCOC(=O)c1cc(C(C)C)ccc1N1CCOCC1. The number of rotatable bonds is 5. The maximum Gasteiger partial charge on any atom is 0.340 e. The monoisotopic (exact) mass is 289 g/mol. The van der Waals surface area contributed by atoms with E-state index >= 15 is 0 Å². The summed E-state index contributed by atoms with van der Waals surface area (Å²) in [7, 11) is 0. The van der Waals surface area contributed by atoms with Gasteiger partial charge in [0.25, 0.3) is 0 Å². The molecule has 1 aliphatic heterocycles. The highest BCUT2D eigenvalue weighted by atomic mass is 16.5. The first-order valence-electron chi connectivity index (χ1n) is 7.38. The third-order valence-electron chi connectivity index (χ3n) is 3.59. The standard InChI is InChI=1S/C17H23NO3/c1-4-9-21-17(19)15-12-14(13(2)3)5-6-16(15)18-7-10-20-11-8-18/h4-6,12-13H,1,7-11H2,2-3H3. The van der Waals surface area contributed by atoms with Crippen LogP contribution in [0, 0.1) is 0 Å². The second kappa shape index (κ2) is 7.27. The van der Waals surface area contributed by atoms with Crippen LogP contribution >= 0.6 is 0 Å². The van der Waals surface area contributed by atoms with Gasteiger partial charge in [-0.3, -0.25) is 0 Å². The van der Waals surface area contributed by atoms with E-state index in [1.165, 1.54) is 0 Å². The van der Waals surface area contributed by atoms with Gasteiger partial charge in [-0.1, -0.05) is 32.6 Å². The molecule has 0 atom stereocenters. The molecule has 0 spiro atoms. The predicted octanol–water partition coefficient (Wildman–Crippen LogP) is 2.99. The van der Waals surface area contributed by atoms with E-state index in [2.05, 4.69) is 31.4 Å². The van der Waals surface area contributed by atoms with Crippen molar-refractivity contribution in [2.75, 3.05) is 37.8 Å². The Labute approximate surface area is 126 Å². The Morgan fingerprint density at radius 3 is 2.76 bits per heavy atom. The number of carbonyl (C=O) groups excluding carboxylic acids is 1. The molecule has 21 heavy (non-hydrogen) atoms. The molecule has 0 saturated carbocycles. The van der Waals surface area contributed by atoms with Gasteiger partial charge in [0.15, 0.2) is 0 Å². The molecule has 0 aromatic heterocycles. The molecule has 1 aliphatic rings. The molecule has 114 valence electrons. The highest BCUT2D eigenvalue weighted by molar-refractivity contribution is 5.96. The molecule has 1 aromatic rings. The number of morpholine rings is 1. The Morgan fingerprint density at radius 1 is 1.43 bits per heavy atom. The number of anilines is 1. The molecule has 1 heterocycles. The van der Waals surface area contributed by atoms with Gasteiger partial charge in [0.2, 0.25) is 0 Å². The fourth-order valence-corrected chi connectivity index (χ4v) is 2.37. The summed E-state index contributed by atoms with van der Waals surface area (Å²) >= 11 is 0. The zero-order valence-electron chi connectivity index (χ0n) is 12.8. The first-order chi connectivity index (χ1) is 10.1. The molecule has 0 unspecified atom stereocenters. The zero-order valence-corrected chi connectivity index (χ0v) is 12.8. The Kier molecular flexibility index (Phi) is 5.39. The van der Waals surface area contributed by atoms with E-state index < -0.39 is 0 Å². The summed E-state index contributed by atoms with van der Waals surface area (Å²) in [6, 6.07) is 6.05. The lowest BCUT2D eigenvalue weighted by molar-refractivity contribution is 0.0549. The third-order valence-corrected chi connectivity index (χ3v) is 3.59. The van der Waals surface area contributed by atoms with Crippen LogP contribution in [0.3, 0.4) is 0 Å². The number of hydrogen-bond donors (Lipinski definition) is 0. The van der Waals surface area contributed by atoms with Gasteiger partial charge in [-0.15, -0.1) is 0 Å². The molecule has 0 radical (unpaired) electrons. The Bertz CT molecular complexity index is 505. The highest BCUT2D eigenvalue weighted by Gasteiger charge is 2.20. The van der Waals surface area contributed by atoms with E-state index in [1.54, 1.807) is 6.08 Å². The molecule has 0 amide bonds. The van der Waals surface area contributed by atoms with Crippen molar-refractivity contribution in [1.29, 1.82) is 0 Å². The third kappa shape index (κ3) is 3.85. The summed E-state index contributed by atoms with van der Waals surface area (Å²) < 4.78 is 10.6. The average molecular weight is 289 g/mol. The molecule has 2 rings (SSSR count). The van der Waals surface area contributed by atoms with Gasteiger partial charge in [-0.25, -0.2) is 4.79 Å². The van der Waals surface area contributed by atoms with Gasteiger partial charge >= 0.3 is 5.97 Å². The van der Waals surface area contributed by atoms with Gasteiger partial charge < -0.3 is 14.4 Å². The van der Waals surface area contributed by atoms with Crippen molar-refractivity contribution >= 4 is 11.7 Å². The van der Waals surface area contributed by atoms with Crippen molar-refractivity contribution < 1.29 is 14.3 Å². The summed E-state index contributed by atoms with van der Waals surface area (Å²) in [5.41, 5.74) is 2.69. The largest absolute Gasteiger partial charge is 0.458 e. The molecule has 0 aliphatic carbocycles. The minimum Gasteiger partial charge on any atom is -0.458 e. The van der Waals surface area contributed by atoms with Crippen molar-refractivity contribution in [3.05, 3.63) is 42.0 Å². The predicted molar refractivity (Wildman–Crippen MR) is 84.0 cm³/mol. The van der Waals surface area contributed by atoms with E-state index in [4.69, 9.17) is 9.47 Å². The highest BCUT2D eigenvalue weighted by Crippen LogP contribution is 2.27. The summed E-state index contributed by atoms with van der Waals surface area (Å²) in [5.74, 6) is 0.0774. The van der Waals surface area contributed by atoms with Crippen LogP contribution in [0.4, 0.5) is 5.69 Å². The normalized spacial score (nSPS) is 15.1. The van der Waals surface area contributed by atoms with E-state index in [-0.39, 0.29) is 12.6 Å². The summed E-state index contributed by atoms with van der Waals surface area (Å²) in [6.07, 6.45) is 1.58. The molecule has 1 aromatic carbocycles. The fraction of sp³-hybridized carbons (Fsp3) is 0.471. The van der Waals surface area contributed by atoms with E-state index in [1.807, 2.05) is 12.1 Å². The number of esters is 1. The molecule has 1 saturated heterocycles. The van der Waals surface area contributed by atoms with Crippen LogP contribution in [0.5, 0.6) is 0 Å². The Hall–Kier alpha value is -1.81. The molecular weight excluding hydrogens is 266 g/mol. The smallest absolute Gasteiger partial charge is 0.340 e. The molecular formula is C17H23NO3. The van der Waals surface area contributed by atoms with Crippen molar-refractivity contribution in [2.24, 2.45) is 0 Å². The van der Waals surface area contributed by atoms with Gasteiger partial charge in [0.05, 0.1) is 24.5 Å². The lowest BCUT2D eigenvalue weighted by Crippen LogP contribution is -2.37. The van der Waals surface area contributed by atoms with Gasteiger partial charge in [0, 0.05) is 13.1 Å². The zero-order chi connectivity index (χ0) is 15.2. The average Bonchev–Trinajstić information content (AvgIpc) is 2.52. The van der Waals surface area contributed by atoms with Crippen molar-refractivity contribution in [3.8, 4) is 0 Å². The van der Waals surface area contributed by atoms with E-state index in [0.717, 1.165) is 24.3 Å². The van der Waals surface area contributed by atoms with Crippen LogP contribution in [0.25, 0.3) is 0 Å². The van der Waals surface area contributed by atoms with Crippen molar-refractivity contribution in [2.45, 2.75) is 19.8 Å². The lowest BCUT2D eigenvalue weighted by Gasteiger charge is -2.30. The first-order valence-corrected chi connectivity index (χ1v) is 7.38. The molecule has 0 bridgehead atoms. The number of hydrogen-bond acceptors (Lipinski definition) is 4. The molecule has 0 N–H and O–H groups in total. The fourth-order valence-electron chi connectivity index (χ4n) is 2.37. The van der Waals surface area contributed by atoms with Gasteiger partial charge in [-0.2, -0.15) is 0 Å². The van der Waals surface area contributed by atoms with Crippen LogP contribution < -0.4 is 4.90 Å². The molecule has 4 nitrogen and oxygen atoms in total. The number of carbonyl (C=O) groups is 1. The minimum atomic E-state index is -0.293. The van der Waals surface area contributed by atoms with Crippen molar-refractivity contribution in [1.82, 2.24) is 0 Å². The Morgan fingerprint density at radius 2 is 2.14 bits per heavy atom. The second-order valence-electron chi connectivity index (χ2n) is 5.42. The van der Waals surface area contributed by atoms with Crippen LogP contribution in [0.1, 0.15) is 35.7 Å². The van der Waals surface area contributed by atoms with E-state index in [9.17, 15) is 4.79 Å². The number of benzene rings is 1. The van der Waals surface area contributed by atoms with Crippen LogP contribution in [0.2, 0.25) is 0 Å². The van der Waals surface area contributed by atoms with Crippen LogP contribution in [-0.4, -0.2) is 38.9 Å². The topological polar surface area (TPSA) is 38.8 Å². The second-order valence-corrected chi connectivity index (χ2v) is 5.42. The minimum absolute atomic E-state index is 0.229. The maximum absolute atomic E-state index is 12.3. The number of ether oxygens (including phenoxy) is 2. The summed E-state index contributed by atoms with van der Waals surface area (Å²) in [4.78, 5) is 14.5. The quantitative estimate of drug-likeness (QED) is 0.617. The van der Waals surface area contributed by atoms with Crippen molar-refractivity contribution in [3.63, 3.8) is 0 Å². The lowest BCUT2D eigenvalue weighted by atomic mass is 9.99. The van der Waals surface area contributed by atoms with E-state index in [0.29, 0.717) is 24.7 Å². The van der Waals surface area contributed by atoms with Gasteiger partial charge in [-0.05, 0) is 23.6 Å². The maximum atomic E-state index is 12.3. The molecule has 1 fully saturated rings. The summed E-state index contributed by atoms with van der Waals surface area (Å²) in [5, 5.41) is 0. The molecule has 4 heteroatoms.